The first kappa shape index (κ1) is 17.1. The summed E-state index contributed by atoms with van der Waals surface area (Å²) in [5.74, 6) is 0. The topological polar surface area (TPSA) is 90.2 Å². The molecule has 9 heavy (non-hydrogen) atoms. The predicted octanol–water partition coefficient (Wildman–Crippen LogP) is -4.62. The maximum absolute atomic E-state index is 7.74. The third-order valence-corrected chi connectivity index (χ3v) is 0.243. The molecule has 0 aliphatic rings. The van der Waals surface area contributed by atoms with Crippen molar-refractivity contribution in [2.45, 2.75) is 0 Å². The van der Waals surface area contributed by atoms with Crippen LogP contribution >= 0.6 is 0 Å². The Balaban J connectivity index is -0.000000180. The molecule has 0 bridgehead atoms. The van der Waals surface area contributed by atoms with E-state index in [2.05, 4.69) is 4.57 Å². The molecule has 0 saturated carbocycles. The summed E-state index contributed by atoms with van der Waals surface area (Å²) in [6.45, 7) is 0. The minimum absolute atomic E-state index is 0. The average molecular weight is 339 g/mol. The summed E-state index contributed by atoms with van der Waals surface area (Å²) in [7, 11) is -4.25. The third-order valence-electron chi connectivity index (χ3n) is 0.243. The summed E-state index contributed by atoms with van der Waals surface area (Å²) < 4.78 is 3.47. The number of hydrogen-bond donors (Lipinski definition) is 4. The second-order valence-corrected chi connectivity index (χ2v) is 0.789. The van der Waals surface area contributed by atoms with Crippen LogP contribution in [0.2, 0.25) is 0 Å². The monoisotopic (exact) mass is 340 g/mol. The molecular weight excluding hydrogens is 332 g/mol. The molecule has 0 saturated heterocycles. The van der Waals surface area contributed by atoms with Gasteiger partial charge in [-0.2, -0.15) is 0 Å². The van der Waals surface area contributed by atoms with Crippen LogP contribution in [0.4, 0.5) is 0 Å². The fourth-order valence-electron chi connectivity index (χ4n) is 0.109. The molecule has 0 rings (SSSR count). The predicted molar refractivity (Wildman–Crippen MR) is 37.2 cm³/mol. The SMILES string of the molecule is OB(O)OB(O)O.[NaH].[PbH2]. The van der Waals surface area contributed by atoms with Crippen LogP contribution in [0.15, 0.2) is 0 Å². The van der Waals surface area contributed by atoms with Gasteiger partial charge in [0.1, 0.15) is 0 Å². The van der Waals surface area contributed by atoms with Crippen molar-refractivity contribution in [3.63, 3.8) is 0 Å². The van der Waals surface area contributed by atoms with E-state index in [1.807, 2.05) is 0 Å². The molecule has 0 aliphatic heterocycles. The van der Waals surface area contributed by atoms with Gasteiger partial charge in [0.05, 0.1) is 0 Å². The van der Waals surface area contributed by atoms with Crippen molar-refractivity contribution in [3.8, 4) is 0 Å². The van der Waals surface area contributed by atoms with Crippen molar-refractivity contribution in [2.24, 2.45) is 0 Å². The standard InChI is InChI=1S/B2H4O5.Na.Pb.3H/c3-1(4)7-2(5)6;;;;;/h3-6H;;;;;. The van der Waals surface area contributed by atoms with E-state index in [9.17, 15) is 0 Å². The first-order valence-corrected chi connectivity index (χ1v) is 1.50. The van der Waals surface area contributed by atoms with Gasteiger partial charge in [-0.25, -0.2) is 0 Å². The molecular formula is H7B2NaO5Pb. The van der Waals surface area contributed by atoms with Crippen LogP contribution in [-0.4, -0.2) is 91.6 Å². The second kappa shape index (κ2) is 9.85. The zero-order valence-electron chi connectivity index (χ0n) is 4.06. The van der Waals surface area contributed by atoms with Gasteiger partial charge in [-0.05, 0) is 0 Å². The Kier molecular flexibility index (Phi) is 18.7. The van der Waals surface area contributed by atoms with Gasteiger partial charge in [-0.15, -0.1) is 0 Å². The van der Waals surface area contributed by atoms with E-state index in [-0.39, 0.29) is 56.9 Å². The molecule has 48 valence electrons. The summed E-state index contributed by atoms with van der Waals surface area (Å²) in [6.07, 6.45) is 0. The van der Waals surface area contributed by atoms with Gasteiger partial charge in [-0.3, -0.25) is 0 Å². The Morgan fingerprint density at radius 2 is 1.11 bits per heavy atom. The molecule has 0 aromatic carbocycles. The van der Waals surface area contributed by atoms with Gasteiger partial charge in [0.25, 0.3) is 0 Å². The van der Waals surface area contributed by atoms with Crippen LogP contribution in [0.5, 0.6) is 0 Å². The van der Waals surface area contributed by atoms with Gasteiger partial charge in [0, 0.05) is 0 Å². The van der Waals surface area contributed by atoms with E-state index in [0.717, 1.165) is 0 Å². The van der Waals surface area contributed by atoms with E-state index < -0.39 is 14.6 Å². The molecule has 0 amide bonds. The minimum atomic E-state index is -2.13. The Morgan fingerprint density at radius 3 is 1.11 bits per heavy atom. The molecule has 0 unspecified atom stereocenters. The molecule has 0 aliphatic carbocycles. The maximum atomic E-state index is 7.74. The Bertz CT molecular complexity index is 44.2. The van der Waals surface area contributed by atoms with E-state index >= 15 is 0 Å². The summed E-state index contributed by atoms with van der Waals surface area (Å²) in [5, 5.41) is 30.9. The molecule has 0 aromatic heterocycles. The van der Waals surface area contributed by atoms with Crippen LogP contribution in [-0.2, 0) is 4.57 Å². The average Bonchev–Trinajstić information content (AvgIpc) is 1.27. The molecule has 0 fully saturated rings. The van der Waals surface area contributed by atoms with Crippen molar-refractivity contribution >= 4 is 71.5 Å². The van der Waals surface area contributed by atoms with Gasteiger partial charge >= 0.3 is 71.5 Å². The summed E-state index contributed by atoms with van der Waals surface area (Å²) in [4.78, 5) is 0. The second-order valence-electron chi connectivity index (χ2n) is 0.789. The van der Waals surface area contributed by atoms with Gasteiger partial charge < -0.3 is 24.7 Å². The molecule has 9 heteroatoms. The first-order chi connectivity index (χ1) is 3.13. The fraction of sp³-hybridized carbons (Fsp3) is 0. The molecule has 2 radical (unpaired) electrons. The Labute approximate surface area is 95.2 Å². The van der Waals surface area contributed by atoms with E-state index in [1.165, 1.54) is 0 Å². The summed E-state index contributed by atoms with van der Waals surface area (Å²) in [5.41, 5.74) is 0. The normalized spacial score (nSPS) is 6.67. The van der Waals surface area contributed by atoms with E-state index in [0.29, 0.717) is 0 Å². The first-order valence-electron chi connectivity index (χ1n) is 1.50. The van der Waals surface area contributed by atoms with E-state index in [1.54, 1.807) is 0 Å². The van der Waals surface area contributed by atoms with Crippen LogP contribution in [0.3, 0.4) is 0 Å². The van der Waals surface area contributed by atoms with Crippen LogP contribution in [0, 0.1) is 0 Å². The summed E-state index contributed by atoms with van der Waals surface area (Å²) >= 11 is 0. The molecule has 0 atom stereocenters. The fourth-order valence-corrected chi connectivity index (χ4v) is 0.109. The molecule has 5 nitrogen and oxygen atoms in total. The molecule has 0 aromatic rings. The Hall–Kier alpha value is 1.85. The van der Waals surface area contributed by atoms with Gasteiger partial charge in [-0.1, -0.05) is 0 Å². The van der Waals surface area contributed by atoms with E-state index in [4.69, 9.17) is 20.1 Å². The quantitative estimate of drug-likeness (QED) is 0.380. The van der Waals surface area contributed by atoms with Gasteiger partial charge in [0.2, 0.25) is 0 Å². The molecule has 0 heterocycles. The zero-order chi connectivity index (χ0) is 5.86. The van der Waals surface area contributed by atoms with Crippen LogP contribution in [0.1, 0.15) is 0 Å². The van der Waals surface area contributed by atoms with Crippen molar-refractivity contribution in [1.82, 2.24) is 0 Å². The Morgan fingerprint density at radius 1 is 0.889 bits per heavy atom. The number of hydrogen-bond acceptors (Lipinski definition) is 5. The molecule has 0 spiro atoms. The van der Waals surface area contributed by atoms with Crippen molar-refractivity contribution in [2.75, 3.05) is 0 Å². The van der Waals surface area contributed by atoms with Gasteiger partial charge in [0.15, 0.2) is 0 Å². The van der Waals surface area contributed by atoms with Crippen molar-refractivity contribution < 1.29 is 24.7 Å². The van der Waals surface area contributed by atoms with Crippen LogP contribution < -0.4 is 0 Å². The zero-order valence-corrected chi connectivity index (χ0v) is 9.56. The summed E-state index contributed by atoms with van der Waals surface area (Å²) in [6, 6.07) is 0. The van der Waals surface area contributed by atoms with Crippen molar-refractivity contribution in [3.05, 3.63) is 0 Å². The van der Waals surface area contributed by atoms with Crippen molar-refractivity contribution in [1.29, 1.82) is 0 Å². The third kappa shape index (κ3) is 17.7. The number of rotatable bonds is 2. The molecule has 4 N–H and O–H groups in total. The van der Waals surface area contributed by atoms with Crippen LogP contribution in [0.25, 0.3) is 0 Å².